The SMILES string of the molecule is C=C(OCCO)/C(NC(C)(C)C)=C(C)\C(=C/C)N1CCc2cnc(Nc3ccc(CC(C)=O)cc3)cc2C1.C=O.CCCC1(CC)CCNC1. The van der Waals surface area contributed by atoms with Crippen LogP contribution in [0.3, 0.4) is 0 Å². The van der Waals surface area contributed by atoms with Gasteiger partial charge in [0.25, 0.3) is 0 Å². The van der Waals surface area contributed by atoms with Crippen molar-refractivity contribution in [2.24, 2.45) is 5.41 Å². The second kappa shape index (κ2) is 20.7. The molecule has 4 N–H and O–H groups in total. The predicted octanol–water partition coefficient (Wildman–Crippen LogP) is 7.39. The molecule has 2 aliphatic rings. The van der Waals surface area contributed by atoms with Gasteiger partial charge in [0.05, 0.1) is 12.3 Å². The number of carbonyl (C=O) groups is 2. The number of hydrogen-bond acceptors (Lipinski definition) is 9. The summed E-state index contributed by atoms with van der Waals surface area (Å²) in [6.07, 6.45) is 11.0. The number of fused-ring (bicyclic) bond motifs is 1. The van der Waals surface area contributed by atoms with Crippen LogP contribution in [0.4, 0.5) is 11.5 Å². The van der Waals surface area contributed by atoms with Crippen LogP contribution in [-0.4, -0.2) is 65.9 Å². The lowest BCUT2D eigenvalue weighted by Crippen LogP contribution is -2.38. The number of rotatable bonds is 14. The fourth-order valence-corrected chi connectivity index (χ4v) is 6.62. The number of benzene rings is 1. The third-order valence-corrected chi connectivity index (χ3v) is 9.16. The number of aliphatic hydroxyl groups is 1. The van der Waals surface area contributed by atoms with E-state index in [2.05, 4.69) is 93.0 Å². The van der Waals surface area contributed by atoms with E-state index in [0.29, 0.717) is 17.6 Å². The molecule has 0 saturated carbocycles. The van der Waals surface area contributed by atoms with Crippen molar-refractivity contribution in [3.63, 3.8) is 0 Å². The van der Waals surface area contributed by atoms with Gasteiger partial charge in [0, 0.05) is 49.2 Å². The fourth-order valence-electron chi connectivity index (χ4n) is 6.62. The largest absolute Gasteiger partial charge is 0.490 e. The molecule has 1 aromatic carbocycles. The smallest absolute Gasteiger partial charge is 0.135 e. The highest BCUT2D eigenvalue weighted by Gasteiger charge is 2.30. The molecule has 1 fully saturated rings. The molecule has 0 bridgehead atoms. The van der Waals surface area contributed by atoms with Crippen molar-refractivity contribution in [3.8, 4) is 0 Å². The Kier molecular flexibility index (Phi) is 17.4. The standard InChI is InChI=1S/C31H42N4O3.C9H19N.CH2O/c1-8-28(22(3)30(34-31(5,6)7)23(4)38-16-15-36)35-14-13-25-19-32-29(18-26(25)20-35)33-27-11-9-24(10-12-27)17-21(2)37;1-3-5-9(4-2)6-7-10-8-9;1-2/h8-12,18-19,34,36H,4,13-17,20H2,1-3,5-7H3,(H,32,33);10H,3-8H2,1-2H3;1H2/b28-8+,30-22+;;. The average molecular weight is 690 g/mol. The minimum Gasteiger partial charge on any atom is -0.490 e. The normalized spacial score (nSPS) is 17.6. The van der Waals surface area contributed by atoms with Crippen LogP contribution in [0.15, 0.2) is 71.9 Å². The highest BCUT2D eigenvalue weighted by atomic mass is 16.5. The van der Waals surface area contributed by atoms with Crippen molar-refractivity contribution in [1.82, 2.24) is 20.5 Å². The van der Waals surface area contributed by atoms with Gasteiger partial charge in [-0.1, -0.05) is 45.1 Å². The van der Waals surface area contributed by atoms with E-state index in [4.69, 9.17) is 9.53 Å². The Balaban J connectivity index is 0.000000613. The molecule has 0 spiro atoms. The number of allylic oxidation sites excluding steroid dienone is 2. The molecule has 9 heteroatoms. The number of hydrogen-bond donors (Lipinski definition) is 4. The van der Waals surface area contributed by atoms with Crippen molar-refractivity contribution >= 4 is 24.1 Å². The zero-order valence-corrected chi connectivity index (χ0v) is 32.0. The first kappa shape index (κ1) is 42.2. The summed E-state index contributed by atoms with van der Waals surface area (Å²) in [5, 5.41) is 19.6. The number of ketones is 1. The van der Waals surface area contributed by atoms with Gasteiger partial charge in [-0.15, -0.1) is 0 Å². The Morgan fingerprint density at radius 1 is 1.16 bits per heavy atom. The number of nitrogens with zero attached hydrogens (tertiary/aromatic N) is 2. The van der Waals surface area contributed by atoms with E-state index in [9.17, 15) is 9.90 Å². The van der Waals surface area contributed by atoms with E-state index < -0.39 is 0 Å². The second-order valence-corrected chi connectivity index (χ2v) is 14.3. The summed E-state index contributed by atoms with van der Waals surface area (Å²) < 4.78 is 5.71. The van der Waals surface area contributed by atoms with Crippen LogP contribution in [0, 0.1) is 5.41 Å². The third kappa shape index (κ3) is 13.1. The van der Waals surface area contributed by atoms with Crippen LogP contribution in [0.5, 0.6) is 0 Å². The van der Waals surface area contributed by atoms with Crippen LogP contribution in [0.2, 0.25) is 0 Å². The molecule has 1 aromatic heterocycles. The van der Waals surface area contributed by atoms with Gasteiger partial charge >= 0.3 is 0 Å². The number of carbonyl (C=O) groups excluding carboxylic acids is 2. The van der Waals surface area contributed by atoms with E-state index in [-0.39, 0.29) is 24.5 Å². The van der Waals surface area contributed by atoms with E-state index in [1.807, 2.05) is 37.3 Å². The Morgan fingerprint density at radius 2 is 1.86 bits per heavy atom. The maximum absolute atomic E-state index is 11.4. The molecule has 0 amide bonds. The Bertz CT molecular complexity index is 1440. The summed E-state index contributed by atoms with van der Waals surface area (Å²) in [5.41, 5.74) is 7.92. The van der Waals surface area contributed by atoms with Crippen molar-refractivity contribution in [2.45, 2.75) is 106 Å². The van der Waals surface area contributed by atoms with Gasteiger partial charge in [-0.05, 0) is 120 Å². The summed E-state index contributed by atoms with van der Waals surface area (Å²) in [7, 11) is 0. The first-order chi connectivity index (χ1) is 23.8. The summed E-state index contributed by atoms with van der Waals surface area (Å²) >= 11 is 0. The van der Waals surface area contributed by atoms with Crippen LogP contribution in [-0.2, 0) is 33.7 Å². The number of anilines is 2. The molecule has 1 atom stereocenters. The molecule has 0 radical (unpaired) electrons. The molecule has 1 saturated heterocycles. The van der Waals surface area contributed by atoms with E-state index >= 15 is 0 Å². The average Bonchev–Trinajstić information content (AvgIpc) is 3.57. The number of pyridine rings is 1. The molecule has 276 valence electrons. The van der Waals surface area contributed by atoms with Gasteiger partial charge in [0.1, 0.15) is 30.8 Å². The lowest BCUT2D eigenvalue weighted by molar-refractivity contribution is -0.116. The molecule has 2 aliphatic heterocycles. The van der Waals surface area contributed by atoms with Gasteiger partial charge in [-0.2, -0.15) is 0 Å². The van der Waals surface area contributed by atoms with E-state index in [0.717, 1.165) is 53.5 Å². The quantitative estimate of drug-likeness (QED) is 0.119. The molecule has 3 heterocycles. The summed E-state index contributed by atoms with van der Waals surface area (Å²) in [5.74, 6) is 1.47. The topological polar surface area (TPSA) is 116 Å². The van der Waals surface area contributed by atoms with Gasteiger partial charge in [-0.3, -0.25) is 4.79 Å². The van der Waals surface area contributed by atoms with Crippen LogP contribution < -0.4 is 16.0 Å². The first-order valence-electron chi connectivity index (χ1n) is 18.0. The summed E-state index contributed by atoms with van der Waals surface area (Å²) in [6, 6.07) is 10.0. The Hall–Kier alpha value is -3.95. The number of nitrogens with one attached hydrogen (secondary N) is 3. The number of ether oxygens (including phenoxy) is 1. The molecular formula is C41H63N5O4. The Labute approximate surface area is 301 Å². The molecule has 2 aromatic rings. The number of Topliss-reactive ketones (excluding diaryl/α,β-unsaturated/α-hetero) is 1. The fraction of sp³-hybridized carbons (Fsp3) is 0.537. The first-order valence-corrected chi connectivity index (χ1v) is 18.0. The lowest BCUT2D eigenvalue weighted by atomic mass is 9.80. The highest BCUT2D eigenvalue weighted by molar-refractivity contribution is 5.78. The zero-order chi connectivity index (χ0) is 37.3. The zero-order valence-electron chi connectivity index (χ0n) is 32.0. The van der Waals surface area contributed by atoms with Crippen molar-refractivity contribution < 1.29 is 19.4 Å². The van der Waals surface area contributed by atoms with Gasteiger partial charge in [0.15, 0.2) is 0 Å². The molecule has 4 rings (SSSR count). The molecule has 9 nitrogen and oxygen atoms in total. The van der Waals surface area contributed by atoms with Crippen LogP contribution >= 0.6 is 0 Å². The summed E-state index contributed by atoms with van der Waals surface area (Å²) in [4.78, 5) is 26.4. The molecule has 1 unspecified atom stereocenters. The van der Waals surface area contributed by atoms with Gasteiger partial charge in [-0.25, -0.2) is 4.98 Å². The third-order valence-electron chi connectivity index (χ3n) is 9.16. The van der Waals surface area contributed by atoms with Crippen molar-refractivity contribution in [2.75, 3.05) is 38.2 Å². The minimum atomic E-state index is -0.189. The number of aliphatic hydroxyl groups excluding tert-OH is 1. The molecule has 50 heavy (non-hydrogen) atoms. The van der Waals surface area contributed by atoms with Gasteiger partial charge < -0.3 is 35.5 Å². The minimum absolute atomic E-state index is 0.0623. The monoisotopic (exact) mass is 689 g/mol. The molecular weight excluding hydrogens is 626 g/mol. The van der Waals surface area contributed by atoms with Crippen LogP contribution in [0.1, 0.15) is 97.8 Å². The van der Waals surface area contributed by atoms with Crippen molar-refractivity contribution in [1.29, 1.82) is 0 Å². The maximum Gasteiger partial charge on any atom is 0.135 e. The Morgan fingerprint density at radius 3 is 2.40 bits per heavy atom. The van der Waals surface area contributed by atoms with E-state index in [1.165, 1.54) is 49.9 Å². The second-order valence-electron chi connectivity index (χ2n) is 14.3. The van der Waals surface area contributed by atoms with Gasteiger partial charge in [0.2, 0.25) is 0 Å². The van der Waals surface area contributed by atoms with Crippen LogP contribution in [0.25, 0.3) is 0 Å². The van der Waals surface area contributed by atoms with E-state index in [1.54, 1.807) is 6.92 Å². The summed E-state index contributed by atoms with van der Waals surface area (Å²) in [6.45, 7) is 27.1. The number of aromatic nitrogens is 1. The predicted molar refractivity (Wildman–Crippen MR) is 206 cm³/mol. The molecule has 0 aliphatic carbocycles. The lowest BCUT2D eigenvalue weighted by Gasteiger charge is -2.35. The van der Waals surface area contributed by atoms with Crippen molar-refractivity contribution in [3.05, 3.63) is 88.6 Å². The highest BCUT2D eigenvalue weighted by Crippen LogP contribution is 2.34. The maximum atomic E-state index is 11.4.